The van der Waals surface area contributed by atoms with E-state index in [9.17, 15) is 9.59 Å². The smallest absolute Gasteiger partial charge is 0.251 e. The maximum Gasteiger partial charge on any atom is 0.251 e. The van der Waals surface area contributed by atoms with Gasteiger partial charge >= 0.3 is 0 Å². The second-order valence-electron chi connectivity index (χ2n) is 7.85. The fraction of sp³-hybridized carbons (Fsp3) is 0.417. The van der Waals surface area contributed by atoms with Gasteiger partial charge in [-0.15, -0.1) is 0 Å². The minimum atomic E-state index is -0.623. The molecule has 1 aliphatic heterocycles. The van der Waals surface area contributed by atoms with Gasteiger partial charge in [-0.05, 0) is 69.6 Å². The maximum absolute atomic E-state index is 12.7. The van der Waals surface area contributed by atoms with Gasteiger partial charge in [0.15, 0.2) is 0 Å². The number of benzene rings is 2. The molecule has 0 radical (unpaired) electrons. The molecular formula is C24H31N3O3. The van der Waals surface area contributed by atoms with E-state index < -0.39 is 6.04 Å². The molecule has 6 nitrogen and oxygen atoms in total. The predicted molar refractivity (Wildman–Crippen MR) is 118 cm³/mol. The number of likely N-dealkylation sites (tertiary alicyclic amines) is 1. The van der Waals surface area contributed by atoms with Crippen LogP contribution in [-0.2, 0) is 4.79 Å². The lowest BCUT2D eigenvalue weighted by Crippen LogP contribution is -2.47. The molecule has 2 amide bonds. The Bertz CT molecular complexity index is 878. The zero-order chi connectivity index (χ0) is 21.5. The molecule has 2 atom stereocenters. The van der Waals surface area contributed by atoms with E-state index in [1.165, 1.54) is 0 Å². The number of carbonyl (C=O) groups excluding carboxylic acids is 2. The third-order valence-corrected chi connectivity index (χ3v) is 5.55. The largest absolute Gasteiger partial charge is 0.497 e. The van der Waals surface area contributed by atoms with Crippen molar-refractivity contribution in [3.05, 3.63) is 65.2 Å². The number of rotatable bonds is 8. The molecule has 0 aliphatic carbocycles. The number of hydrogen-bond donors (Lipinski definition) is 2. The Morgan fingerprint density at radius 3 is 2.53 bits per heavy atom. The summed E-state index contributed by atoms with van der Waals surface area (Å²) < 4.78 is 5.37. The van der Waals surface area contributed by atoms with Crippen LogP contribution in [0.3, 0.4) is 0 Å². The molecule has 160 valence electrons. The van der Waals surface area contributed by atoms with Gasteiger partial charge in [0.1, 0.15) is 11.8 Å². The average Bonchev–Trinajstić information content (AvgIpc) is 3.28. The first kappa shape index (κ1) is 21.8. The van der Waals surface area contributed by atoms with Crippen LogP contribution in [0.4, 0.5) is 0 Å². The van der Waals surface area contributed by atoms with Gasteiger partial charge in [0.05, 0.1) is 13.2 Å². The Balaban J connectivity index is 1.62. The minimum absolute atomic E-state index is 0.0752. The van der Waals surface area contributed by atoms with Crippen LogP contribution in [0.1, 0.15) is 47.3 Å². The van der Waals surface area contributed by atoms with E-state index in [0.717, 1.165) is 42.8 Å². The SMILES string of the molecule is COc1cccc(C(CNC(=O)C(C)NC(=O)c2cccc(C)c2)N2CCCC2)c1. The van der Waals surface area contributed by atoms with E-state index in [0.29, 0.717) is 12.1 Å². The highest BCUT2D eigenvalue weighted by molar-refractivity contribution is 5.97. The van der Waals surface area contributed by atoms with Crippen LogP contribution in [0.15, 0.2) is 48.5 Å². The van der Waals surface area contributed by atoms with Crippen molar-refractivity contribution in [1.29, 1.82) is 0 Å². The van der Waals surface area contributed by atoms with Crippen molar-refractivity contribution in [3.8, 4) is 5.75 Å². The molecule has 1 aliphatic rings. The molecule has 0 spiro atoms. The van der Waals surface area contributed by atoms with Crippen molar-refractivity contribution in [2.75, 3.05) is 26.7 Å². The van der Waals surface area contributed by atoms with Gasteiger partial charge < -0.3 is 15.4 Å². The lowest BCUT2D eigenvalue weighted by molar-refractivity contribution is -0.122. The van der Waals surface area contributed by atoms with Gasteiger partial charge in [-0.25, -0.2) is 0 Å². The molecule has 0 bridgehead atoms. The third kappa shape index (κ3) is 5.60. The van der Waals surface area contributed by atoms with E-state index in [1.54, 1.807) is 20.1 Å². The molecule has 2 aromatic rings. The molecule has 2 unspecified atom stereocenters. The Kier molecular flexibility index (Phi) is 7.46. The first-order valence-corrected chi connectivity index (χ1v) is 10.5. The van der Waals surface area contributed by atoms with E-state index in [4.69, 9.17) is 4.74 Å². The molecule has 1 heterocycles. The van der Waals surface area contributed by atoms with E-state index >= 15 is 0 Å². The van der Waals surface area contributed by atoms with Gasteiger partial charge in [0.25, 0.3) is 5.91 Å². The molecule has 0 saturated carbocycles. The average molecular weight is 410 g/mol. The van der Waals surface area contributed by atoms with Gasteiger partial charge in [-0.2, -0.15) is 0 Å². The molecular weight excluding hydrogens is 378 g/mol. The van der Waals surface area contributed by atoms with Crippen molar-refractivity contribution in [1.82, 2.24) is 15.5 Å². The highest BCUT2D eigenvalue weighted by Gasteiger charge is 2.25. The number of carbonyl (C=O) groups is 2. The van der Waals surface area contributed by atoms with Gasteiger partial charge in [-0.3, -0.25) is 14.5 Å². The van der Waals surface area contributed by atoms with Gasteiger partial charge in [0, 0.05) is 12.1 Å². The molecule has 0 aromatic heterocycles. The zero-order valence-electron chi connectivity index (χ0n) is 18.0. The first-order chi connectivity index (χ1) is 14.5. The summed E-state index contributed by atoms with van der Waals surface area (Å²) in [6.07, 6.45) is 2.33. The Labute approximate surface area is 178 Å². The van der Waals surface area contributed by atoms with Crippen LogP contribution in [0, 0.1) is 6.92 Å². The molecule has 1 saturated heterocycles. The lowest BCUT2D eigenvalue weighted by atomic mass is 10.0. The molecule has 6 heteroatoms. The van der Waals surface area contributed by atoms with Gasteiger partial charge in [0.2, 0.25) is 5.91 Å². The highest BCUT2D eigenvalue weighted by atomic mass is 16.5. The topological polar surface area (TPSA) is 70.7 Å². The van der Waals surface area contributed by atoms with Crippen molar-refractivity contribution in [3.63, 3.8) is 0 Å². The van der Waals surface area contributed by atoms with Crippen molar-refractivity contribution in [2.45, 2.75) is 38.8 Å². The summed E-state index contributed by atoms with van der Waals surface area (Å²) in [6.45, 7) is 6.15. The third-order valence-electron chi connectivity index (χ3n) is 5.55. The zero-order valence-corrected chi connectivity index (χ0v) is 18.0. The van der Waals surface area contributed by atoms with Crippen LogP contribution in [-0.4, -0.2) is 49.5 Å². The number of amides is 2. The summed E-state index contributed by atoms with van der Waals surface area (Å²) in [4.78, 5) is 27.5. The van der Waals surface area contributed by atoms with E-state index in [1.807, 2.05) is 43.3 Å². The van der Waals surface area contributed by atoms with Crippen molar-refractivity contribution < 1.29 is 14.3 Å². The number of hydrogen-bond acceptors (Lipinski definition) is 4. The quantitative estimate of drug-likeness (QED) is 0.703. The molecule has 3 rings (SSSR count). The Hall–Kier alpha value is -2.86. The number of methoxy groups -OCH3 is 1. The fourth-order valence-electron chi connectivity index (χ4n) is 3.84. The summed E-state index contributed by atoms with van der Waals surface area (Å²) in [7, 11) is 1.66. The highest BCUT2D eigenvalue weighted by Crippen LogP contribution is 2.27. The Morgan fingerprint density at radius 1 is 1.10 bits per heavy atom. The number of nitrogens with one attached hydrogen (secondary N) is 2. The summed E-state index contributed by atoms with van der Waals surface area (Å²) in [5.41, 5.74) is 2.68. The van der Waals surface area contributed by atoms with Crippen LogP contribution in [0.25, 0.3) is 0 Å². The molecule has 1 fully saturated rings. The Morgan fingerprint density at radius 2 is 1.83 bits per heavy atom. The number of ether oxygens (including phenoxy) is 1. The standard InChI is InChI=1S/C24H31N3O3/c1-17-8-6-10-20(14-17)24(29)26-18(2)23(28)25-16-22(27-12-4-5-13-27)19-9-7-11-21(15-19)30-3/h6-11,14-15,18,22H,4-5,12-13,16H2,1-3H3,(H,25,28)(H,26,29). The van der Waals surface area contributed by atoms with E-state index in [-0.39, 0.29) is 17.9 Å². The summed E-state index contributed by atoms with van der Waals surface area (Å²) in [5.74, 6) is 0.371. The summed E-state index contributed by atoms with van der Waals surface area (Å²) >= 11 is 0. The van der Waals surface area contributed by atoms with Crippen LogP contribution >= 0.6 is 0 Å². The fourth-order valence-corrected chi connectivity index (χ4v) is 3.84. The molecule has 2 aromatic carbocycles. The maximum atomic E-state index is 12.7. The lowest BCUT2D eigenvalue weighted by Gasteiger charge is -2.29. The van der Waals surface area contributed by atoms with Gasteiger partial charge in [-0.1, -0.05) is 29.8 Å². The second-order valence-corrected chi connectivity index (χ2v) is 7.85. The van der Waals surface area contributed by atoms with Crippen LogP contribution < -0.4 is 15.4 Å². The normalized spacial score (nSPS) is 16.0. The van der Waals surface area contributed by atoms with Crippen LogP contribution in [0.2, 0.25) is 0 Å². The number of nitrogens with zero attached hydrogens (tertiary/aromatic N) is 1. The monoisotopic (exact) mass is 409 g/mol. The summed E-state index contributed by atoms with van der Waals surface area (Å²) in [6, 6.07) is 14.8. The van der Waals surface area contributed by atoms with E-state index in [2.05, 4.69) is 21.6 Å². The molecule has 2 N–H and O–H groups in total. The predicted octanol–water partition coefficient (Wildman–Crippen LogP) is 3.08. The first-order valence-electron chi connectivity index (χ1n) is 10.5. The molecule has 30 heavy (non-hydrogen) atoms. The minimum Gasteiger partial charge on any atom is -0.497 e. The summed E-state index contributed by atoms with van der Waals surface area (Å²) in [5, 5.41) is 5.82. The van der Waals surface area contributed by atoms with Crippen molar-refractivity contribution >= 4 is 11.8 Å². The van der Waals surface area contributed by atoms with Crippen LogP contribution in [0.5, 0.6) is 5.75 Å². The second kappa shape index (κ2) is 10.3. The van der Waals surface area contributed by atoms with Crippen molar-refractivity contribution in [2.24, 2.45) is 0 Å². The number of aryl methyl sites for hydroxylation is 1.